The molecule has 0 atom stereocenters. The molecule has 0 saturated carbocycles. The summed E-state index contributed by atoms with van der Waals surface area (Å²) in [6, 6.07) is 17.5. The molecule has 130 valence electrons. The first-order chi connectivity index (χ1) is 12.9. The summed E-state index contributed by atoms with van der Waals surface area (Å²) in [7, 11) is 1.64. The highest BCUT2D eigenvalue weighted by molar-refractivity contribution is 7.98. The van der Waals surface area contributed by atoms with Crippen LogP contribution in [0, 0.1) is 0 Å². The molecule has 8 nitrogen and oxygen atoms in total. The molecule has 0 amide bonds. The average molecular weight is 365 g/mol. The number of tetrazole rings is 1. The Kier molecular flexibility index (Phi) is 4.61. The largest absolute Gasteiger partial charge is 0.495 e. The van der Waals surface area contributed by atoms with E-state index in [0.717, 1.165) is 28.1 Å². The van der Waals surface area contributed by atoms with Crippen LogP contribution in [-0.2, 0) is 5.75 Å². The van der Waals surface area contributed by atoms with E-state index in [4.69, 9.17) is 4.74 Å². The van der Waals surface area contributed by atoms with Crippen molar-refractivity contribution in [3.63, 3.8) is 0 Å². The van der Waals surface area contributed by atoms with Crippen molar-refractivity contribution >= 4 is 11.8 Å². The van der Waals surface area contributed by atoms with Gasteiger partial charge < -0.3 is 4.74 Å². The molecule has 2 aromatic carbocycles. The van der Waals surface area contributed by atoms with Gasteiger partial charge in [-0.25, -0.2) is 0 Å². The summed E-state index contributed by atoms with van der Waals surface area (Å²) in [6.07, 6.45) is 1.67. The first kappa shape index (κ1) is 16.3. The lowest BCUT2D eigenvalue weighted by atomic mass is 10.3. The van der Waals surface area contributed by atoms with E-state index < -0.39 is 0 Å². The summed E-state index contributed by atoms with van der Waals surface area (Å²) in [4.78, 5) is 0. The summed E-state index contributed by atoms with van der Waals surface area (Å²) >= 11 is 1.50. The number of benzene rings is 2. The van der Waals surface area contributed by atoms with Crippen LogP contribution >= 0.6 is 11.8 Å². The molecule has 0 N–H and O–H groups in total. The van der Waals surface area contributed by atoms with Crippen molar-refractivity contribution in [1.82, 2.24) is 35.0 Å². The summed E-state index contributed by atoms with van der Waals surface area (Å²) < 4.78 is 9.04. The Labute approximate surface area is 153 Å². The van der Waals surface area contributed by atoms with Crippen LogP contribution in [0.4, 0.5) is 0 Å². The minimum atomic E-state index is 0.551. The van der Waals surface area contributed by atoms with Gasteiger partial charge in [-0.1, -0.05) is 42.1 Å². The minimum absolute atomic E-state index is 0.551. The number of nitrogens with zero attached hydrogens (tertiary/aromatic N) is 7. The zero-order valence-corrected chi connectivity index (χ0v) is 14.7. The maximum Gasteiger partial charge on any atom is 0.196 e. The van der Waals surface area contributed by atoms with Crippen LogP contribution in [0.1, 0.15) is 5.82 Å². The van der Waals surface area contributed by atoms with Gasteiger partial charge in [0.25, 0.3) is 0 Å². The number of hydrogen-bond donors (Lipinski definition) is 0. The van der Waals surface area contributed by atoms with Gasteiger partial charge in [0.1, 0.15) is 12.1 Å². The van der Waals surface area contributed by atoms with E-state index in [1.807, 2.05) is 59.2 Å². The predicted molar refractivity (Wildman–Crippen MR) is 96.6 cm³/mol. The first-order valence-corrected chi connectivity index (χ1v) is 8.84. The van der Waals surface area contributed by atoms with E-state index in [-0.39, 0.29) is 0 Å². The van der Waals surface area contributed by atoms with Crippen LogP contribution in [0.5, 0.6) is 5.75 Å². The van der Waals surface area contributed by atoms with Crippen molar-refractivity contribution in [2.45, 2.75) is 10.9 Å². The molecule has 0 bridgehead atoms. The number of para-hydroxylation sites is 3. The second-order valence-electron chi connectivity index (χ2n) is 5.29. The highest BCUT2D eigenvalue weighted by Gasteiger charge is 2.14. The van der Waals surface area contributed by atoms with Gasteiger partial charge in [-0.05, 0) is 34.7 Å². The molecule has 2 aromatic heterocycles. The van der Waals surface area contributed by atoms with E-state index >= 15 is 0 Å². The Balaban J connectivity index is 1.58. The third-order valence-electron chi connectivity index (χ3n) is 3.73. The third-order valence-corrected chi connectivity index (χ3v) is 4.67. The fourth-order valence-electron chi connectivity index (χ4n) is 2.51. The van der Waals surface area contributed by atoms with Gasteiger partial charge in [-0.3, -0.25) is 4.57 Å². The maximum absolute atomic E-state index is 5.43. The minimum Gasteiger partial charge on any atom is -0.495 e. The second kappa shape index (κ2) is 7.36. The fraction of sp³-hybridized carbons (Fsp3) is 0.118. The molecule has 0 fully saturated rings. The topological polar surface area (TPSA) is 83.5 Å². The number of thioether (sulfide) groups is 1. The molecule has 4 rings (SSSR count). The zero-order chi connectivity index (χ0) is 17.8. The average Bonchev–Trinajstić information content (AvgIpc) is 3.36. The van der Waals surface area contributed by atoms with Crippen LogP contribution in [0.3, 0.4) is 0 Å². The number of aromatic nitrogens is 7. The van der Waals surface area contributed by atoms with Crippen molar-refractivity contribution in [2.75, 3.05) is 7.11 Å². The predicted octanol–water partition coefficient (Wildman–Crippen LogP) is 2.54. The number of hydrogen-bond acceptors (Lipinski definition) is 7. The normalized spacial score (nSPS) is 10.8. The van der Waals surface area contributed by atoms with Crippen LogP contribution in [0.25, 0.3) is 11.4 Å². The van der Waals surface area contributed by atoms with Gasteiger partial charge in [0, 0.05) is 0 Å². The van der Waals surface area contributed by atoms with E-state index in [2.05, 4.69) is 25.7 Å². The quantitative estimate of drug-likeness (QED) is 0.486. The Bertz CT molecular complexity index is 999. The summed E-state index contributed by atoms with van der Waals surface area (Å²) in [5, 5.41) is 21.0. The van der Waals surface area contributed by atoms with Crippen molar-refractivity contribution in [3.8, 4) is 17.1 Å². The summed E-state index contributed by atoms with van der Waals surface area (Å²) in [5.74, 6) is 2.04. The lowest BCUT2D eigenvalue weighted by Gasteiger charge is -2.10. The van der Waals surface area contributed by atoms with Crippen molar-refractivity contribution in [3.05, 3.63) is 66.7 Å². The second-order valence-corrected chi connectivity index (χ2v) is 6.23. The van der Waals surface area contributed by atoms with Gasteiger partial charge in [0.15, 0.2) is 11.0 Å². The molecular formula is C17H15N7OS. The van der Waals surface area contributed by atoms with Crippen molar-refractivity contribution in [1.29, 1.82) is 0 Å². The molecule has 0 unspecified atom stereocenters. The number of methoxy groups -OCH3 is 1. The Morgan fingerprint density at radius 3 is 2.65 bits per heavy atom. The van der Waals surface area contributed by atoms with E-state index in [1.54, 1.807) is 18.1 Å². The lowest BCUT2D eigenvalue weighted by Crippen LogP contribution is -2.03. The number of ether oxygens (including phenoxy) is 1. The molecule has 0 aliphatic carbocycles. The van der Waals surface area contributed by atoms with E-state index in [0.29, 0.717) is 5.75 Å². The lowest BCUT2D eigenvalue weighted by molar-refractivity contribution is 0.412. The highest BCUT2D eigenvalue weighted by atomic mass is 32.2. The Morgan fingerprint density at radius 1 is 1.00 bits per heavy atom. The molecule has 2 heterocycles. The smallest absolute Gasteiger partial charge is 0.196 e. The van der Waals surface area contributed by atoms with E-state index in [1.165, 1.54) is 11.8 Å². The van der Waals surface area contributed by atoms with Crippen LogP contribution in [-0.4, -0.2) is 42.1 Å². The molecule has 9 heteroatoms. The van der Waals surface area contributed by atoms with Crippen LogP contribution in [0.15, 0.2) is 66.1 Å². The van der Waals surface area contributed by atoms with Crippen LogP contribution in [0.2, 0.25) is 0 Å². The maximum atomic E-state index is 5.43. The summed E-state index contributed by atoms with van der Waals surface area (Å²) in [6.45, 7) is 0. The highest BCUT2D eigenvalue weighted by Crippen LogP contribution is 2.28. The molecule has 4 aromatic rings. The van der Waals surface area contributed by atoms with Crippen molar-refractivity contribution in [2.24, 2.45) is 0 Å². The Morgan fingerprint density at radius 2 is 1.81 bits per heavy atom. The molecule has 0 saturated heterocycles. The third kappa shape index (κ3) is 3.16. The Hall–Kier alpha value is -3.20. The monoisotopic (exact) mass is 365 g/mol. The standard InChI is InChI=1S/C17H15N7OS/c1-25-15-10-6-5-9-14(15)23-12-18-20-17(23)26-11-16-19-21-22-24(16)13-7-3-2-4-8-13/h2-10,12H,11H2,1H3. The molecule has 0 spiro atoms. The van der Waals surface area contributed by atoms with Gasteiger partial charge in [-0.2, -0.15) is 4.68 Å². The van der Waals surface area contributed by atoms with Gasteiger partial charge in [-0.15, -0.1) is 15.3 Å². The zero-order valence-electron chi connectivity index (χ0n) is 13.9. The molecular weight excluding hydrogens is 350 g/mol. The summed E-state index contributed by atoms with van der Waals surface area (Å²) in [5.41, 5.74) is 1.80. The van der Waals surface area contributed by atoms with Crippen LogP contribution < -0.4 is 4.74 Å². The van der Waals surface area contributed by atoms with Gasteiger partial charge >= 0.3 is 0 Å². The molecule has 0 radical (unpaired) electrons. The molecule has 0 aliphatic heterocycles. The van der Waals surface area contributed by atoms with E-state index in [9.17, 15) is 0 Å². The first-order valence-electron chi connectivity index (χ1n) is 7.85. The molecule has 26 heavy (non-hydrogen) atoms. The van der Waals surface area contributed by atoms with Crippen molar-refractivity contribution < 1.29 is 4.74 Å². The van der Waals surface area contributed by atoms with Gasteiger partial charge in [0.2, 0.25) is 0 Å². The fourth-order valence-corrected chi connectivity index (χ4v) is 3.34. The SMILES string of the molecule is COc1ccccc1-n1cnnc1SCc1nnnn1-c1ccccc1. The number of rotatable bonds is 6. The molecule has 0 aliphatic rings. The van der Waals surface area contributed by atoms with Gasteiger partial charge in [0.05, 0.1) is 24.2 Å².